The number of rotatable bonds is 3. The van der Waals surface area contributed by atoms with E-state index in [2.05, 4.69) is 26.2 Å². The SMILES string of the molecule is Cc1cc(Br)ccc1NCc1cncc(F)c1. The first-order valence-electron chi connectivity index (χ1n) is 5.24. The highest BCUT2D eigenvalue weighted by Crippen LogP contribution is 2.20. The summed E-state index contributed by atoms with van der Waals surface area (Å²) in [6.45, 7) is 2.59. The molecular formula is C13H12BrFN2. The Balaban J connectivity index is 2.07. The maximum atomic E-state index is 12.9. The zero-order valence-corrected chi connectivity index (χ0v) is 11.0. The second-order valence-electron chi connectivity index (χ2n) is 3.82. The van der Waals surface area contributed by atoms with Crippen LogP contribution >= 0.6 is 15.9 Å². The first kappa shape index (κ1) is 12.0. The molecule has 1 aromatic carbocycles. The second-order valence-corrected chi connectivity index (χ2v) is 4.74. The van der Waals surface area contributed by atoms with Gasteiger partial charge in [-0.3, -0.25) is 4.98 Å². The van der Waals surface area contributed by atoms with Crippen molar-refractivity contribution in [2.45, 2.75) is 13.5 Å². The molecule has 2 rings (SSSR count). The van der Waals surface area contributed by atoms with Crippen molar-refractivity contribution in [1.82, 2.24) is 4.98 Å². The zero-order valence-electron chi connectivity index (χ0n) is 9.37. The number of anilines is 1. The van der Waals surface area contributed by atoms with E-state index in [4.69, 9.17) is 0 Å². The summed E-state index contributed by atoms with van der Waals surface area (Å²) in [6, 6.07) is 7.48. The fourth-order valence-corrected chi connectivity index (χ4v) is 2.05. The van der Waals surface area contributed by atoms with Crippen molar-refractivity contribution in [3.63, 3.8) is 0 Å². The van der Waals surface area contributed by atoms with Crippen LogP contribution in [-0.4, -0.2) is 4.98 Å². The maximum absolute atomic E-state index is 12.9. The van der Waals surface area contributed by atoms with E-state index < -0.39 is 0 Å². The molecule has 0 fully saturated rings. The van der Waals surface area contributed by atoms with Gasteiger partial charge in [0.05, 0.1) is 6.20 Å². The third-order valence-corrected chi connectivity index (χ3v) is 2.93. The molecule has 1 heterocycles. The van der Waals surface area contributed by atoms with Crippen LogP contribution in [0.2, 0.25) is 0 Å². The summed E-state index contributed by atoms with van der Waals surface area (Å²) in [5.41, 5.74) is 3.01. The van der Waals surface area contributed by atoms with Gasteiger partial charge in [0.2, 0.25) is 0 Å². The van der Waals surface area contributed by atoms with Crippen LogP contribution in [0.1, 0.15) is 11.1 Å². The van der Waals surface area contributed by atoms with Crippen molar-refractivity contribution in [2.75, 3.05) is 5.32 Å². The molecule has 0 bridgehead atoms. The average Bonchev–Trinajstić information content (AvgIpc) is 2.28. The van der Waals surface area contributed by atoms with E-state index >= 15 is 0 Å². The van der Waals surface area contributed by atoms with Gasteiger partial charge in [0.15, 0.2) is 0 Å². The summed E-state index contributed by atoms with van der Waals surface area (Å²) in [5.74, 6) is -0.308. The van der Waals surface area contributed by atoms with Gasteiger partial charge in [0.25, 0.3) is 0 Å². The van der Waals surface area contributed by atoms with Gasteiger partial charge in [-0.2, -0.15) is 0 Å². The largest absolute Gasteiger partial charge is 0.381 e. The van der Waals surface area contributed by atoms with Gasteiger partial charge in [-0.1, -0.05) is 15.9 Å². The number of hydrogen-bond acceptors (Lipinski definition) is 2. The first-order valence-corrected chi connectivity index (χ1v) is 6.04. The van der Waals surface area contributed by atoms with Crippen molar-refractivity contribution in [3.8, 4) is 0 Å². The lowest BCUT2D eigenvalue weighted by Crippen LogP contribution is -2.01. The molecule has 0 saturated carbocycles. The smallest absolute Gasteiger partial charge is 0.141 e. The van der Waals surface area contributed by atoms with E-state index in [-0.39, 0.29) is 5.82 Å². The number of aryl methyl sites for hydroxylation is 1. The molecule has 0 aliphatic heterocycles. The van der Waals surface area contributed by atoms with Crippen LogP contribution in [0.25, 0.3) is 0 Å². The highest BCUT2D eigenvalue weighted by Gasteiger charge is 2.00. The van der Waals surface area contributed by atoms with Crippen LogP contribution in [0, 0.1) is 12.7 Å². The molecular weight excluding hydrogens is 283 g/mol. The lowest BCUT2D eigenvalue weighted by molar-refractivity contribution is 0.619. The molecule has 0 radical (unpaired) electrons. The fraction of sp³-hybridized carbons (Fsp3) is 0.154. The van der Waals surface area contributed by atoms with Crippen molar-refractivity contribution in [2.24, 2.45) is 0 Å². The molecule has 0 unspecified atom stereocenters. The standard InChI is InChI=1S/C13H12BrFN2/c1-9-4-11(14)2-3-13(9)17-7-10-5-12(15)8-16-6-10/h2-6,8,17H,7H2,1H3. The van der Waals surface area contributed by atoms with Gasteiger partial charge in [-0.15, -0.1) is 0 Å². The Morgan fingerprint density at radius 3 is 2.82 bits per heavy atom. The molecule has 1 N–H and O–H groups in total. The Bertz CT molecular complexity index is 529. The quantitative estimate of drug-likeness (QED) is 0.928. The number of pyridine rings is 1. The third kappa shape index (κ3) is 3.27. The molecule has 4 heteroatoms. The molecule has 0 aliphatic rings. The van der Waals surface area contributed by atoms with Crippen LogP contribution in [-0.2, 0) is 6.54 Å². The molecule has 2 aromatic rings. The highest BCUT2D eigenvalue weighted by atomic mass is 79.9. The van der Waals surface area contributed by atoms with Gasteiger partial charge in [-0.05, 0) is 42.3 Å². The van der Waals surface area contributed by atoms with Crippen LogP contribution in [0.3, 0.4) is 0 Å². The third-order valence-electron chi connectivity index (χ3n) is 2.43. The zero-order chi connectivity index (χ0) is 12.3. The summed E-state index contributed by atoms with van der Waals surface area (Å²) in [4.78, 5) is 3.81. The molecule has 0 saturated heterocycles. The summed E-state index contributed by atoms with van der Waals surface area (Å²) >= 11 is 3.41. The Morgan fingerprint density at radius 1 is 1.29 bits per heavy atom. The first-order chi connectivity index (χ1) is 8.15. The predicted molar refractivity (Wildman–Crippen MR) is 70.4 cm³/mol. The Morgan fingerprint density at radius 2 is 2.12 bits per heavy atom. The number of benzene rings is 1. The van der Waals surface area contributed by atoms with E-state index in [9.17, 15) is 4.39 Å². The molecule has 0 atom stereocenters. The minimum absolute atomic E-state index is 0.308. The van der Waals surface area contributed by atoms with Crippen LogP contribution in [0.15, 0.2) is 41.1 Å². The van der Waals surface area contributed by atoms with E-state index in [0.29, 0.717) is 6.54 Å². The van der Waals surface area contributed by atoms with Gasteiger partial charge in [0.1, 0.15) is 5.82 Å². The number of hydrogen-bond donors (Lipinski definition) is 1. The average molecular weight is 295 g/mol. The van der Waals surface area contributed by atoms with Crippen molar-refractivity contribution in [3.05, 3.63) is 58.1 Å². The summed E-state index contributed by atoms with van der Waals surface area (Å²) < 4.78 is 14.0. The molecule has 0 amide bonds. The molecule has 2 nitrogen and oxygen atoms in total. The normalized spacial score (nSPS) is 10.3. The van der Waals surface area contributed by atoms with E-state index in [1.54, 1.807) is 6.20 Å². The minimum atomic E-state index is -0.308. The number of nitrogens with zero attached hydrogens (tertiary/aromatic N) is 1. The van der Waals surface area contributed by atoms with Crippen molar-refractivity contribution >= 4 is 21.6 Å². The van der Waals surface area contributed by atoms with Crippen LogP contribution in [0.5, 0.6) is 0 Å². The lowest BCUT2D eigenvalue weighted by Gasteiger charge is -2.09. The Labute approximate surface area is 108 Å². The van der Waals surface area contributed by atoms with Gasteiger partial charge in [-0.25, -0.2) is 4.39 Å². The van der Waals surface area contributed by atoms with Gasteiger partial charge < -0.3 is 5.32 Å². The molecule has 17 heavy (non-hydrogen) atoms. The van der Waals surface area contributed by atoms with Gasteiger partial charge in [0, 0.05) is 22.9 Å². The van der Waals surface area contributed by atoms with E-state index in [0.717, 1.165) is 21.3 Å². The maximum Gasteiger partial charge on any atom is 0.141 e. The Kier molecular flexibility index (Phi) is 3.74. The molecule has 0 spiro atoms. The Hall–Kier alpha value is -1.42. The number of aromatic nitrogens is 1. The molecule has 0 aliphatic carbocycles. The van der Waals surface area contributed by atoms with E-state index in [1.165, 1.54) is 12.3 Å². The fourth-order valence-electron chi connectivity index (χ4n) is 1.58. The summed E-state index contributed by atoms with van der Waals surface area (Å²) in [5, 5.41) is 3.26. The summed E-state index contributed by atoms with van der Waals surface area (Å²) in [6.07, 6.45) is 2.86. The number of nitrogens with one attached hydrogen (secondary N) is 1. The highest BCUT2D eigenvalue weighted by molar-refractivity contribution is 9.10. The predicted octanol–water partition coefficient (Wildman–Crippen LogP) is 3.90. The minimum Gasteiger partial charge on any atom is -0.381 e. The lowest BCUT2D eigenvalue weighted by atomic mass is 10.2. The molecule has 1 aromatic heterocycles. The van der Waals surface area contributed by atoms with Crippen molar-refractivity contribution in [1.29, 1.82) is 0 Å². The summed E-state index contributed by atoms with van der Waals surface area (Å²) in [7, 11) is 0. The van der Waals surface area contributed by atoms with Crippen LogP contribution in [0.4, 0.5) is 10.1 Å². The van der Waals surface area contributed by atoms with Crippen molar-refractivity contribution < 1.29 is 4.39 Å². The number of halogens is 2. The molecule has 88 valence electrons. The van der Waals surface area contributed by atoms with Gasteiger partial charge >= 0.3 is 0 Å². The monoisotopic (exact) mass is 294 g/mol. The topological polar surface area (TPSA) is 24.9 Å². The second kappa shape index (κ2) is 5.27. The van der Waals surface area contributed by atoms with E-state index in [1.807, 2.05) is 25.1 Å². The van der Waals surface area contributed by atoms with Crippen LogP contribution < -0.4 is 5.32 Å².